The van der Waals surface area contributed by atoms with E-state index in [1.807, 2.05) is 0 Å². The predicted molar refractivity (Wildman–Crippen MR) is 121 cm³/mol. The number of urea groups is 1. The summed E-state index contributed by atoms with van der Waals surface area (Å²) in [6.45, 7) is 3.87. The van der Waals surface area contributed by atoms with E-state index in [-0.39, 0.29) is 16.7 Å². The Morgan fingerprint density at radius 1 is 1.06 bits per heavy atom. The van der Waals surface area contributed by atoms with Crippen LogP contribution in [0.3, 0.4) is 0 Å². The van der Waals surface area contributed by atoms with Crippen LogP contribution in [0.15, 0.2) is 66.1 Å². The molecule has 0 fully saturated rings. The second-order valence-electron chi connectivity index (χ2n) is 6.14. The van der Waals surface area contributed by atoms with Crippen molar-refractivity contribution in [2.24, 2.45) is 0 Å². The zero-order valence-electron chi connectivity index (χ0n) is 17.1. The molecule has 10 heteroatoms. The van der Waals surface area contributed by atoms with Crippen molar-refractivity contribution >= 4 is 39.4 Å². The molecule has 0 saturated heterocycles. The molecule has 0 aromatic heterocycles. The van der Waals surface area contributed by atoms with Crippen LogP contribution in [0.5, 0.6) is 5.75 Å². The summed E-state index contributed by atoms with van der Waals surface area (Å²) in [5.41, 5.74) is 1.60. The summed E-state index contributed by atoms with van der Waals surface area (Å²) in [7, 11) is -1.04. The Balaban J connectivity index is 2.03. The summed E-state index contributed by atoms with van der Waals surface area (Å²) in [5.74, 6) is -0.207. The molecule has 0 aliphatic rings. The van der Waals surface area contributed by atoms with E-state index in [4.69, 9.17) is 4.74 Å². The molecule has 0 aliphatic heterocycles. The van der Waals surface area contributed by atoms with Crippen molar-refractivity contribution in [3.63, 3.8) is 0 Å². The molecule has 4 N–H and O–H groups in total. The third kappa shape index (κ3) is 6.98. The van der Waals surface area contributed by atoms with Crippen LogP contribution < -0.4 is 25.4 Å². The summed E-state index contributed by atoms with van der Waals surface area (Å²) in [5, 5.41) is 7.92. The van der Waals surface area contributed by atoms with E-state index in [2.05, 4.69) is 27.3 Å². The molecular formula is C21H24N4O5S. The van der Waals surface area contributed by atoms with Gasteiger partial charge in [0.1, 0.15) is 10.6 Å². The largest absolute Gasteiger partial charge is 0.495 e. The number of carbonyl (C=O) groups excluding carboxylic acids is 2. The Hall–Kier alpha value is -3.63. The number of hydrogen-bond donors (Lipinski definition) is 4. The van der Waals surface area contributed by atoms with E-state index in [0.717, 1.165) is 0 Å². The van der Waals surface area contributed by atoms with Gasteiger partial charge in [0.05, 0.1) is 7.11 Å². The fraction of sp³-hybridized carbons (Fsp3) is 0.143. The Kier molecular flexibility index (Phi) is 8.35. The quantitative estimate of drug-likeness (QED) is 0.349. The number of amides is 3. The first-order valence-corrected chi connectivity index (χ1v) is 10.6. The average molecular weight is 445 g/mol. The molecule has 0 atom stereocenters. The number of sulfonamides is 1. The Morgan fingerprint density at radius 2 is 1.71 bits per heavy atom. The molecule has 0 unspecified atom stereocenters. The average Bonchev–Trinajstić information content (AvgIpc) is 2.77. The van der Waals surface area contributed by atoms with Crippen molar-refractivity contribution in [1.29, 1.82) is 0 Å². The minimum absolute atomic E-state index is 0.0275. The van der Waals surface area contributed by atoms with Crippen molar-refractivity contribution in [3.05, 3.63) is 66.8 Å². The maximum atomic E-state index is 12.2. The van der Waals surface area contributed by atoms with Crippen LogP contribution in [0.25, 0.3) is 6.08 Å². The van der Waals surface area contributed by atoms with Crippen LogP contribution in [-0.2, 0) is 14.8 Å². The van der Waals surface area contributed by atoms with E-state index < -0.39 is 15.9 Å². The molecule has 0 heterocycles. The minimum atomic E-state index is -3.72. The van der Waals surface area contributed by atoms with Gasteiger partial charge in [-0.05, 0) is 55.1 Å². The van der Waals surface area contributed by atoms with Gasteiger partial charge >= 0.3 is 6.03 Å². The van der Waals surface area contributed by atoms with Crippen LogP contribution in [0.4, 0.5) is 16.2 Å². The van der Waals surface area contributed by atoms with Gasteiger partial charge in [-0.2, -0.15) is 0 Å². The molecule has 0 bridgehead atoms. The molecule has 0 spiro atoms. The normalized spacial score (nSPS) is 11.0. The lowest BCUT2D eigenvalue weighted by atomic mass is 10.2. The maximum Gasteiger partial charge on any atom is 0.319 e. The van der Waals surface area contributed by atoms with E-state index in [9.17, 15) is 18.0 Å². The first kappa shape index (κ1) is 23.6. The van der Waals surface area contributed by atoms with Gasteiger partial charge < -0.3 is 20.7 Å². The number of hydrogen-bond acceptors (Lipinski definition) is 5. The number of ether oxygens (including phenoxy) is 1. The van der Waals surface area contributed by atoms with Gasteiger partial charge in [-0.3, -0.25) is 4.79 Å². The summed E-state index contributed by atoms with van der Waals surface area (Å²) in [6.07, 6.45) is 4.34. The van der Waals surface area contributed by atoms with Crippen molar-refractivity contribution < 1.29 is 22.7 Å². The summed E-state index contributed by atoms with van der Waals surface area (Å²) in [4.78, 5) is 23.8. The first-order valence-electron chi connectivity index (χ1n) is 9.15. The highest BCUT2D eigenvalue weighted by molar-refractivity contribution is 7.89. The Labute approximate surface area is 181 Å². The summed E-state index contributed by atoms with van der Waals surface area (Å²) in [6, 6.07) is 10.8. The van der Waals surface area contributed by atoms with Gasteiger partial charge in [0.25, 0.3) is 0 Å². The maximum absolute atomic E-state index is 12.2. The van der Waals surface area contributed by atoms with Crippen LogP contribution in [0, 0.1) is 0 Å². The zero-order valence-corrected chi connectivity index (χ0v) is 18.0. The molecule has 2 aromatic rings. The number of nitrogens with one attached hydrogen (secondary N) is 4. The van der Waals surface area contributed by atoms with Crippen molar-refractivity contribution in [1.82, 2.24) is 10.0 Å². The Bertz CT molecular complexity index is 1080. The fourth-order valence-corrected chi connectivity index (χ4v) is 3.38. The van der Waals surface area contributed by atoms with Crippen LogP contribution in [-0.4, -0.2) is 41.1 Å². The molecule has 2 rings (SSSR count). The second kappa shape index (κ2) is 11.0. The minimum Gasteiger partial charge on any atom is -0.495 e. The molecule has 164 valence electrons. The van der Waals surface area contributed by atoms with E-state index >= 15 is 0 Å². The fourth-order valence-electron chi connectivity index (χ4n) is 2.45. The lowest BCUT2D eigenvalue weighted by Gasteiger charge is -2.09. The van der Waals surface area contributed by atoms with E-state index in [0.29, 0.717) is 23.5 Å². The van der Waals surface area contributed by atoms with Crippen LogP contribution in [0.2, 0.25) is 0 Å². The third-order valence-corrected chi connectivity index (χ3v) is 5.43. The lowest BCUT2D eigenvalue weighted by Crippen LogP contribution is -2.28. The number of anilines is 2. The topological polar surface area (TPSA) is 126 Å². The molecule has 2 aromatic carbocycles. The summed E-state index contributed by atoms with van der Waals surface area (Å²) < 4.78 is 31.6. The van der Waals surface area contributed by atoms with E-state index in [1.54, 1.807) is 36.4 Å². The molecule has 3 amide bonds. The molecule has 0 radical (unpaired) electrons. The predicted octanol–water partition coefficient (Wildman–Crippen LogP) is 2.56. The molecule has 9 nitrogen and oxygen atoms in total. The van der Waals surface area contributed by atoms with E-state index in [1.165, 1.54) is 38.4 Å². The first-order chi connectivity index (χ1) is 14.8. The number of methoxy groups -OCH3 is 1. The van der Waals surface area contributed by atoms with Crippen LogP contribution >= 0.6 is 0 Å². The van der Waals surface area contributed by atoms with Gasteiger partial charge in [-0.15, -0.1) is 6.58 Å². The third-order valence-electron chi connectivity index (χ3n) is 3.99. The number of benzene rings is 2. The van der Waals surface area contributed by atoms with Gasteiger partial charge in [0, 0.05) is 24.0 Å². The lowest BCUT2D eigenvalue weighted by molar-refractivity contribution is -0.111. The van der Waals surface area contributed by atoms with Crippen LogP contribution in [0.1, 0.15) is 5.56 Å². The van der Waals surface area contributed by atoms with Gasteiger partial charge in [-0.1, -0.05) is 12.1 Å². The van der Waals surface area contributed by atoms with Crippen molar-refractivity contribution in [2.75, 3.05) is 31.3 Å². The van der Waals surface area contributed by atoms with Gasteiger partial charge in [0.2, 0.25) is 15.9 Å². The standard InChI is InChI=1S/C21H24N4O5S/c1-4-13-23-21(27)25-17-9-7-16(8-10-17)24-20(26)12-6-15-5-11-18(30-3)19(14-15)31(28,29)22-2/h4-12,14,22H,1,13H2,2-3H3,(H,24,26)(H2,23,25,27)/b12-6+. The SMILES string of the molecule is C=CCNC(=O)Nc1ccc(NC(=O)/C=C/c2ccc(OC)c(S(=O)(=O)NC)c2)cc1. The van der Waals surface area contributed by atoms with Gasteiger partial charge in [0.15, 0.2) is 0 Å². The zero-order chi connectivity index (χ0) is 22.9. The summed E-state index contributed by atoms with van der Waals surface area (Å²) >= 11 is 0. The molecule has 0 aliphatic carbocycles. The highest BCUT2D eigenvalue weighted by Crippen LogP contribution is 2.25. The van der Waals surface area contributed by atoms with Crippen molar-refractivity contribution in [2.45, 2.75) is 4.90 Å². The smallest absolute Gasteiger partial charge is 0.319 e. The van der Waals surface area contributed by atoms with Gasteiger partial charge in [-0.25, -0.2) is 17.9 Å². The highest BCUT2D eigenvalue weighted by atomic mass is 32.2. The monoisotopic (exact) mass is 444 g/mol. The number of rotatable bonds is 9. The highest BCUT2D eigenvalue weighted by Gasteiger charge is 2.17. The van der Waals surface area contributed by atoms with Crippen molar-refractivity contribution in [3.8, 4) is 5.75 Å². The molecule has 31 heavy (non-hydrogen) atoms. The number of carbonyl (C=O) groups is 2. The Morgan fingerprint density at radius 3 is 2.29 bits per heavy atom. The second-order valence-corrected chi connectivity index (χ2v) is 8.00. The molecule has 0 saturated carbocycles. The molecular weight excluding hydrogens is 420 g/mol.